The van der Waals surface area contributed by atoms with Crippen molar-refractivity contribution in [3.8, 4) is 0 Å². The van der Waals surface area contributed by atoms with Crippen molar-refractivity contribution in [1.82, 2.24) is 0 Å². The molecule has 0 rings (SSSR count). The maximum atomic E-state index is 10.9. The van der Waals surface area contributed by atoms with Crippen molar-refractivity contribution in [2.24, 2.45) is 11.5 Å². The van der Waals surface area contributed by atoms with Gasteiger partial charge in [0.2, 0.25) is 5.12 Å². The second-order valence-electron chi connectivity index (χ2n) is 2.29. The van der Waals surface area contributed by atoms with Crippen molar-refractivity contribution in [1.29, 1.82) is 0 Å². The fourth-order valence-corrected chi connectivity index (χ4v) is 1.90. The molecule has 0 radical (unpaired) electrons. The molecule has 0 aromatic carbocycles. The van der Waals surface area contributed by atoms with Crippen molar-refractivity contribution in [3.63, 3.8) is 0 Å². The van der Waals surface area contributed by atoms with E-state index >= 15 is 0 Å². The van der Waals surface area contributed by atoms with E-state index in [-0.39, 0.29) is 11.2 Å². The van der Waals surface area contributed by atoms with Gasteiger partial charge in [-0.3, -0.25) is 4.79 Å². The minimum atomic E-state index is -0.302. The Morgan fingerprint density at radius 2 is 2.18 bits per heavy atom. The van der Waals surface area contributed by atoms with Gasteiger partial charge in [-0.1, -0.05) is 6.42 Å². The fraction of sp³-hybridized carbons (Fsp3) is 0.833. The molecule has 1 atom stereocenters. The Morgan fingerprint density at radius 3 is 2.64 bits per heavy atom. The molecule has 4 N–H and O–H groups in total. The van der Waals surface area contributed by atoms with E-state index in [0.29, 0.717) is 6.54 Å². The second-order valence-corrected chi connectivity index (χ2v) is 4.17. The van der Waals surface area contributed by atoms with Crippen LogP contribution in [0.3, 0.4) is 0 Å². The fourth-order valence-electron chi connectivity index (χ4n) is 0.684. The van der Waals surface area contributed by atoms with Crippen LogP contribution < -0.4 is 11.5 Å². The molecule has 0 heterocycles. The van der Waals surface area contributed by atoms with Crippen molar-refractivity contribution in [2.75, 3.05) is 6.54 Å². The molecule has 0 aromatic heterocycles. The van der Waals surface area contributed by atoms with E-state index in [1.54, 1.807) is 0 Å². The molecule has 0 aromatic rings. The highest BCUT2D eigenvalue weighted by molar-refractivity contribution is 14.2. The first-order chi connectivity index (χ1) is 5.22. The van der Waals surface area contributed by atoms with E-state index in [2.05, 4.69) is 0 Å². The average molecular weight is 288 g/mol. The van der Waals surface area contributed by atoms with Gasteiger partial charge in [0.15, 0.2) is 0 Å². The van der Waals surface area contributed by atoms with Crippen molar-refractivity contribution < 1.29 is 4.79 Å². The molecular formula is C6H13IN2OS. The average Bonchev–Trinajstić information content (AvgIpc) is 2.03. The molecule has 0 aliphatic rings. The van der Waals surface area contributed by atoms with Gasteiger partial charge in [-0.15, -0.1) is 0 Å². The van der Waals surface area contributed by atoms with Crippen molar-refractivity contribution in [2.45, 2.75) is 25.3 Å². The largest absolute Gasteiger partial charge is 0.330 e. The van der Waals surface area contributed by atoms with E-state index < -0.39 is 0 Å². The number of carbonyl (C=O) groups excluding carboxylic acids is 1. The number of hydrogen-bond donors (Lipinski definition) is 2. The lowest BCUT2D eigenvalue weighted by atomic mass is 10.1. The highest BCUT2D eigenvalue weighted by Gasteiger charge is 2.11. The Balaban J connectivity index is 3.36. The topological polar surface area (TPSA) is 69.1 Å². The predicted molar refractivity (Wildman–Crippen MR) is 57.5 cm³/mol. The number of hydrogen-bond acceptors (Lipinski definition) is 4. The summed E-state index contributed by atoms with van der Waals surface area (Å²) in [5.74, 6) is 0. The van der Waals surface area contributed by atoms with Crippen LogP contribution in [0.1, 0.15) is 19.3 Å². The molecule has 5 heteroatoms. The van der Waals surface area contributed by atoms with Gasteiger partial charge < -0.3 is 11.5 Å². The van der Waals surface area contributed by atoms with Crippen LogP contribution in [0, 0.1) is 0 Å². The molecule has 0 aliphatic carbocycles. The number of unbranched alkanes of at least 4 members (excludes halogenated alkanes) is 1. The van der Waals surface area contributed by atoms with Crippen LogP contribution in [-0.4, -0.2) is 17.7 Å². The molecule has 0 amide bonds. The van der Waals surface area contributed by atoms with Gasteiger partial charge in [-0.05, 0) is 28.3 Å². The Bertz CT molecular complexity index is 123. The van der Waals surface area contributed by atoms with Crippen LogP contribution >= 0.6 is 30.1 Å². The summed E-state index contributed by atoms with van der Waals surface area (Å²) >= 11 is 1.95. The van der Waals surface area contributed by atoms with Gasteiger partial charge in [0.1, 0.15) is 0 Å². The van der Waals surface area contributed by atoms with E-state index in [1.165, 1.54) is 8.93 Å². The summed E-state index contributed by atoms with van der Waals surface area (Å²) in [7, 11) is 1.17. The van der Waals surface area contributed by atoms with E-state index in [9.17, 15) is 4.79 Å². The lowest BCUT2D eigenvalue weighted by Gasteiger charge is -2.06. The highest BCUT2D eigenvalue weighted by atomic mass is 127. The van der Waals surface area contributed by atoms with Crippen LogP contribution in [0.15, 0.2) is 0 Å². The zero-order valence-corrected chi connectivity index (χ0v) is 9.23. The number of nitrogens with two attached hydrogens (primary N) is 2. The summed E-state index contributed by atoms with van der Waals surface area (Å²) < 4.78 is 0. The molecule has 0 aliphatic heterocycles. The van der Waals surface area contributed by atoms with Crippen LogP contribution in [0.2, 0.25) is 0 Å². The zero-order valence-electron chi connectivity index (χ0n) is 6.25. The summed E-state index contributed by atoms with van der Waals surface area (Å²) in [6.45, 7) is 0.679. The maximum Gasteiger partial charge on any atom is 0.215 e. The van der Waals surface area contributed by atoms with Gasteiger partial charge in [0, 0.05) is 21.2 Å². The van der Waals surface area contributed by atoms with Gasteiger partial charge >= 0.3 is 0 Å². The maximum absolute atomic E-state index is 10.9. The van der Waals surface area contributed by atoms with Crippen molar-refractivity contribution in [3.05, 3.63) is 0 Å². The third-order valence-electron chi connectivity index (χ3n) is 1.35. The normalized spacial score (nSPS) is 13.0. The van der Waals surface area contributed by atoms with E-state index in [1.807, 2.05) is 21.2 Å². The Morgan fingerprint density at radius 1 is 1.55 bits per heavy atom. The molecule has 0 unspecified atom stereocenters. The third-order valence-corrected chi connectivity index (χ3v) is 3.11. The van der Waals surface area contributed by atoms with Crippen LogP contribution in [0.25, 0.3) is 0 Å². The first kappa shape index (κ1) is 11.7. The third kappa shape index (κ3) is 5.89. The van der Waals surface area contributed by atoms with Gasteiger partial charge in [-0.25, -0.2) is 0 Å². The van der Waals surface area contributed by atoms with Gasteiger partial charge in [0.25, 0.3) is 0 Å². The van der Waals surface area contributed by atoms with Crippen LogP contribution in [0.4, 0.5) is 0 Å². The summed E-state index contributed by atoms with van der Waals surface area (Å²) in [6, 6.07) is -0.302. The number of carbonyl (C=O) groups is 1. The number of rotatable bonds is 5. The van der Waals surface area contributed by atoms with Crippen molar-refractivity contribution >= 4 is 35.3 Å². The minimum Gasteiger partial charge on any atom is -0.330 e. The Kier molecular flexibility index (Phi) is 7.77. The first-order valence-corrected chi connectivity index (χ1v) is 6.86. The smallest absolute Gasteiger partial charge is 0.215 e. The first-order valence-electron chi connectivity index (χ1n) is 3.50. The SMILES string of the molecule is NCCCC[C@H](N)C(=O)SI. The molecule has 11 heavy (non-hydrogen) atoms. The zero-order chi connectivity index (χ0) is 8.69. The lowest BCUT2D eigenvalue weighted by molar-refractivity contribution is -0.112. The summed E-state index contributed by atoms with van der Waals surface area (Å²) in [5, 5.41) is 0.0580. The van der Waals surface area contributed by atoms with E-state index in [0.717, 1.165) is 19.3 Å². The van der Waals surface area contributed by atoms with Crippen LogP contribution in [-0.2, 0) is 4.79 Å². The quantitative estimate of drug-likeness (QED) is 0.586. The molecule has 0 saturated carbocycles. The summed E-state index contributed by atoms with van der Waals surface area (Å²) in [5.41, 5.74) is 10.8. The van der Waals surface area contributed by atoms with E-state index in [4.69, 9.17) is 11.5 Å². The molecule has 66 valence electrons. The van der Waals surface area contributed by atoms with Gasteiger partial charge in [-0.2, -0.15) is 0 Å². The predicted octanol–water partition coefficient (Wildman–Crippen LogP) is 1.05. The molecule has 0 spiro atoms. The molecular weight excluding hydrogens is 275 g/mol. The summed E-state index contributed by atoms with van der Waals surface area (Å²) in [6.07, 6.45) is 2.65. The lowest BCUT2D eigenvalue weighted by Crippen LogP contribution is -2.27. The Hall–Kier alpha value is 0.670. The molecule has 0 fully saturated rings. The standard InChI is InChI=1S/C6H13IN2OS/c7-11-6(10)5(9)3-1-2-4-8/h5H,1-4,8-9H2/t5-/m0/s1. The molecule has 0 bridgehead atoms. The number of halogens is 1. The Labute approximate surface area is 83.2 Å². The summed E-state index contributed by atoms with van der Waals surface area (Å²) in [4.78, 5) is 10.9. The van der Waals surface area contributed by atoms with Crippen LogP contribution in [0.5, 0.6) is 0 Å². The van der Waals surface area contributed by atoms with Gasteiger partial charge in [0.05, 0.1) is 6.04 Å². The minimum absolute atomic E-state index is 0.0580. The molecule has 3 nitrogen and oxygen atoms in total. The monoisotopic (exact) mass is 288 g/mol. The second kappa shape index (κ2) is 7.33. The highest BCUT2D eigenvalue weighted by Crippen LogP contribution is 2.15. The molecule has 0 saturated heterocycles.